The first-order valence-electron chi connectivity index (χ1n) is 4.91. The smallest absolute Gasteiger partial charge is 0.243 e. The summed E-state index contributed by atoms with van der Waals surface area (Å²) in [6, 6.07) is 0. The number of amides is 1. The van der Waals surface area contributed by atoms with Crippen LogP contribution in [0, 0.1) is 0 Å². The van der Waals surface area contributed by atoms with Crippen molar-refractivity contribution in [1.82, 2.24) is 5.32 Å². The molecule has 90 valence electrons. The van der Waals surface area contributed by atoms with Gasteiger partial charge in [0, 0.05) is 20.2 Å². The van der Waals surface area contributed by atoms with E-state index in [0.29, 0.717) is 33.0 Å². The van der Waals surface area contributed by atoms with E-state index in [1.165, 1.54) is 0 Å². The fourth-order valence-corrected chi connectivity index (χ4v) is 0.831. The Labute approximate surface area is 90.1 Å². The number of hydrogen-bond acceptors (Lipinski definition) is 5. The van der Waals surface area contributed by atoms with Crippen LogP contribution in [0.4, 0.5) is 0 Å². The highest BCUT2D eigenvalue weighted by molar-refractivity contribution is 5.74. The summed E-state index contributed by atoms with van der Waals surface area (Å²) in [4.78, 5) is 10.3. The number of ether oxygens (including phenoxy) is 3. The summed E-state index contributed by atoms with van der Waals surface area (Å²) >= 11 is 0. The first-order valence-corrected chi connectivity index (χ1v) is 4.91. The van der Waals surface area contributed by atoms with Crippen LogP contribution in [0.1, 0.15) is 0 Å². The van der Waals surface area contributed by atoms with Crippen LogP contribution in [0.15, 0.2) is 0 Å². The molecule has 0 aromatic heterocycles. The molecule has 0 aromatic carbocycles. The predicted molar refractivity (Wildman–Crippen MR) is 55.6 cm³/mol. The van der Waals surface area contributed by atoms with Crippen LogP contribution >= 0.6 is 0 Å². The van der Waals surface area contributed by atoms with Gasteiger partial charge in [0.05, 0.1) is 26.4 Å². The van der Waals surface area contributed by atoms with Crippen LogP contribution < -0.4 is 11.1 Å². The van der Waals surface area contributed by atoms with Crippen LogP contribution in [0.25, 0.3) is 0 Å². The molecule has 0 bridgehead atoms. The van der Waals surface area contributed by atoms with Gasteiger partial charge in [-0.05, 0) is 0 Å². The van der Waals surface area contributed by atoms with Crippen molar-refractivity contribution in [3.05, 3.63) is 0 Å². The number of carbonyl (C=O) groups excluding carboxylic acids is 1. The predicted octanol–water partition coefficient (Wildman–Crippen LogP) is -1.26. The Morgan fingerprint density at radius 3 is 2.40 bits per heavy atom. The number of nitrogens with two attached hydrogens (primary N) is 1. The third-order valence-corrected chi connectivity index (χ3v) is 1.52. The average molecular weight is 220 g/mol. The highest BCUT2D eigenvalue weighted by Crippen LogP contribution is 1.75. The van der Waals surface area contributed by atoms with Gasteiger partial charge in [0.1, 0.15) is 6.61 Å². The number of hydrogen-bond donors (Lipinski definition) is 2. The van der Waals surface area contributed by atoms with Crippen molar-refractivity contribution >= 4 is 5.91 Å². The highest BCUT2D eigenvalue weighted by Gasteiger charge is 1.93. The largest absolute Gasteiger partial charge is 0.382 e. The van der Waals surface area contributed by atoms with Gasteiger partial charge in [0.15, 0.2) is 0 Å². The molecule has 0 fully saturated rings. The quantitative estimate of drug-likeness (QED) is 0.425. The van der Waals surface area contributed by atoms with Gasteiger partial charge in [-0.15, -0.1) is 0 Å². The molecule has 3 N–H and O–H groups in total. The summed E-state index contributed by atoms with van der Waals surface area (Å²) in [5, 5.41) is 3.09. The molecule has 6 nitrogen and oxygen atoms in total. The summed E-state index contributed by atoms with van der Waals surface area (Å²) in [7, 11) is 1.64. The minimum Gasteiger partial charge on any atom is -0.382 e. The van der Waals surface area contributed by atoms with E-state index in [1.807, 2.05) is 0 Å². The minimum atomic E-state index is -0.446. The van der Waals surface area contributed by atoms with Crippen LogP contribution in [-0.2, 0) is 19.0 Å². The van der Waals surface area contributed by atoms with Gasteiger partial charge in [-0.3, -0.25) is 4.79 Å². The number of carbonyl (C=O) groups is 1. The van der Waals surface area contributed by atoms with Gasteiger partial charge in [-0.2, -0.15) is 0 Å². The first-order chi connectivity index (χ1) is 7.27. The SMILES string of the molecule is COCCOCCNCCOCC(N)=O. The topological polar surface area (TPSA) is 82.8 Å². The number of rotatable bonds is 11. The molecule has 0 radical (unpaired) electrons. The van der Waals surface area contributed by atoms with Gasteiger partial charge >= 0.3 is 0 Å². The first kappa shape index (κ1) is 14.3. The van der Waals surface area contributed by atoms with Gasteiger partial charge in [-0.1, -0.05) is 0 Å². The second-order valence-corrected chi connectivity index (χ2v) is 2.87. The number of primary amides is 1. The van der Waals surface area contributed by atoms with Crippen LogP contribution in [-0.4, -0.2) is 59.1 Å². The van der Waals surface area contributed by atoms with Crippen molar-refractivity contribution in [2.24, 2.45) is 5.73 Å². The van der Waals surface area contributed by atoms with E-state index in [1.54, 1.807) is 7.11 Å². The Bertz CT molecular complexity index is 155. The maximum absolute atomic E-state index is 10.3. The van der Waals surface area contributed by atoms with Gasteiger partial charge < -0.3 is 25.3 Å². The zero-order valence-corrected chi connectivity index (χ0v) is 9.16. The Hall–Kier alpha value is -0.690. The molecular weight excluding hydrogens is 200 g/mol. The second-order valence-electron chi connectivity index (χ2n) is 2.87. The van der Waals surface area contributed by atoms with Crippen LogP contribution in [0.3, 0.4) is 0 Å². The zero-order valence-electron chi connectivity index (χ0n) is 9.16. The van der Waals surface area contributed by atoms with Gasteiger partial charge in [0.25, 0.3) is 0 Å². The fourth-order valence-electron chi connectivity index (χ4n) is 0.831. The molecule has 0 atom stereocenters. The van der Waals surface area contributed by atoms with Crippen molar-refractivity contribution in [2.75, 3.05) is 53.2 Å². The van der Waals surface area contributed by atoms with Crippen LogP contribution in [0.2, 0.25) is 0 Å². The summed E-state index contributed by atoms with van der Waals surface area (Å²) in [6.45, 7) is 3.74. The number of nitrogens with one attached hydrogen (secondary N) is 1. The van der Waals surface area contributed by atoms with E-state index in [4.69, 9.17) is 19.9 Å². The second kappa shape index (κ2) is 11.4. The van der Waals surface area contributed by atoms with E-state index in [9.17, 15) is 4.79 Å². The molecule has 0 aromatic rings. The van der Waals surface area contributed by atoms with Gasteiger partial charge in [0.2, 0.25) is 5.91 Å². The molecule has 15 heavy (non-hydrogen) atoms. The molecule has 0 aliphatic heterocycles. The molecule has 0 aliphatic rings. The Morgan fingerprint density at radius 2 is 1.80 bits per heavy atom. The van der Waals surface area contributed by atoms with Crippen molar-refractivity contribution in [2.45, 2.75) is 0 Å². The van der Waals surface area contributed by atoms with E-state index in [-0.39, 0.29) is 6.61 Å². The molecule has 0 aliphatic carbocycles. The van der Waals surface area contributed by atoms with E-state index >= 15 is 0 Å². The lowest BCUT2D eigenvalue weighted by Gasteiger charge is -2.05. The monoisotopic (exact) mass is 220 g/mol. The van der Waals surface area contributed by atoms with Gasteiger partial charge in [-0.25, -0.2) is 0 Å². The summed E-state index contributed by atoms with van der Waals surface area (Å²) in [5.74, 6) is -0.446. The molecule has 0 saturated heterocycles. The Balaban J connectivity index is 2.89. The molecule has 0 saturated carbocycles. The minimum absolute atomic E-state index is 0.0218. The molecule has 0 rings (SSSR count). The average Bonchev–Trinajstić information content (AvgIpc) is 2.20. The van der Waals surface area contributed by atoms with Crippen molar-refractivity contribution < 1.29 is 19.0 Å². The third kappa shape index (κ3) is 13.3. The summed E-state index contributed by atoms with van der Waals surface area (Å²) < 4.78 is 15.0. The third-order valence-electron chi connectivity index (χ3n) is 1.52. The zero-order chi connectivity index (χ0) is 11.4. The summed E-state index contributed by atoms with van der Waals surface area (Å²) in [6.07, 6.45) is 0. The maximum Gasteiger partial charge on any atom is 0.243 e. The molecule has 1 amide bonds. The fraction of sp³-hybridized carbons (Fsp3) is 0.889. The number of methoxy groups -OCH3 is 1. The van der Waals surface area contributed by atoms with Crippen molar-refractivity contribution in [1.29, 1.82) is 0 Å². The Kier molecular flexibility index (Phi) is 10.9. The van der Waals surface area contributed by atoms with E-state index in [0.717, 1.165) is 6.54 Å². The molecule has 0 heterocycles. The normalized spacial score (nSPS) is 10.5. The summed E-state index contributed by atoms with van der Waals surface area (Å²) in [5.41, 5.74) is 4.89. The standard InChI is InChI=1S/C9H20N2O4/c1-13-6-7-14-4-2-11-3-5-15-8-9(10)12/h11H,2-8H2,1H3,(H2,10,12). The highest BCUT2D eigenvalue weighted by atomic mass is 16.5. The van der Waals surface area contributed by atoms with Crippen LogP contribution in [0.5, 0.6) is 0 Å². The lowest BCUT2D eigenvalue weighted by Crippen LogP contribution is -2.26. The molecule has 0 spiro atoms. The Morgan fingerprint density at radius 1 is 1.13 bits per heavy atom. The molecule has 6 heteroatoms. The lowest BCUT2D eigenvalue weighted by molar-refractivity contribution is -0.122. The van der Waals surface area contributed by atoms with E-state index < -0.39 is 5.91 Å². The molecule has 0 unspecified atom stereocenters. The van der Waals surface area contributed by atoms with E-state index in [2.05, 4.69) is 5.32 Å². The molecular formula is C9H20N2O4. The lowest BCUT2D eigenvalue weighted by atomic mass is 10.6. The maximum atomic E-state index is 10.3. The van der Waals surface area contributed by atoms with Crippen molar-refractivity contribution in [3.8, 4) is 0 Å². The van der Waals surface area contributed by atoms with Crippen molar-refractivity contribution in [3.63, 3.8) is 0 Å².